The van der Waals surface area contributed by atoms with E-state index in [1.165, 1.54) is 11.0 Å². The maximum absolute atomic E-state index is 15.3. The van der Waals surface area contributed by atoms with Gasteiger partial charge in [-0.2, -0.15) is 9.07 Å². The average Bonchev–Trinajstić information content (AvgIpc) is 3.25. The highest BCUT2D eigenvalue weighted by atomic mass is 35.5. The van der Waals surface area contributed by atoms with E-state index in [4.69, 9.17) is 16.3 Å². The Bertz CT molecular complexity index is 2000. The van der Waals surface area contributed by atoms with E-state index in [9.17, 15) is 9.59 Å². The molecule has 13 heteroatoms. The van der Waals surface area contributed by atoms with Gasteiger partial charge in [-0.1, -0.05) is 17.7 Å². The van der Waals surface area contributed by atoms with Crippen molar-refractivity contribution in [2.24, 2.45) is 5.92 Å². The third kappa shape index (κ3) is 3.71. The zero-order valence-corrected chi connectivity index (χ0v) is 23.1. The average molecular weight is 585 g/mol. The number of H-pyrrole nitrogens is 1. The number of carbonyl (C=O) groups is 1. The molecule has 2 aromatic carbocycles. The van der Waals surface area contributed by atoms with Crippen molar-refractivity contribution >= 4 is 23.2 Å². The van der Waals surface area contributed by atoms with Gasteiger partial charge in [-0.3, -0.25) is 9.59 Å². The highest BCUT2D eigenvalue weighted by Crippen LogP contribution is 2.60. The number of rotatable bonds is 4. The number of amides is 1. The van der Waals surface area contributed by atoms with E-state index < -0.39 is 17.6 Å². The number of nitrogens with zero attached hydrogens (tertiary/aromatic N) is 6. The van der Waals surface area contributed by atoms with Crippen molar-refractivity contribution in [1.29, 1.82) is 0 Å². The summed E-state index contributed by atoms with van der Waals surface area (Å²) >= 11 is 6.33. The van der Waals surface area contributed by atoms with Crippen molar-refractivity contribution in [2.75, 3.05) is 5.32 Å². The number of imidazole rings is 1. The lowest BCUT2D eigenvalue weighted by Crippen LogP contribution is -2.45. The third-order valence-corrected chi connectivity index (χ3v) is 8.49. The molecule has 0 bridgehead atoms. The van der Waals surface area contributed by atoms with Gasteiger partial charge in [-0.05, 0) is 78.6 Å². The number of pyridine rings is 1. The molecule has 5 heterocycles. The van der Waals surface area contributed by atoms with Crippen LogP contribution < -0.4 is 15.6 Å². The van der Waals surface area contributed by atoms with E-state index in [0.717, 1.165) is 17.7 Å². The van der Waals surface area contributed by atoms with E-state index in [1.54, 1.807) is 60.9 Å². The van der Waals surface area contributed by atoms with Crippen LogP contribution >= 0.6 is 11.6 Å². The van der Waals surface area contributed by atoms with Gasteiger partial charge in [0.15, 0.2) is 5.60 Å². The molecule has 1 amide bonds. The van der Waals surface area contributed by atoms with Gasteiger partial charge in [0.2, 0.25) is 5.95 Å². The molecule has 0 spiro atoms. The fraction of sp³-hybridized carbons (Fsp3) is 0.241. The van der Waals surface area contributed by atoms with Crippen LogP contribution in [0.2, 0.25) is 5.02 Å². The van der Waals surface area contributed by atoms with Crippen LogP contribution in [0.15, 0.2) is 59.7 Å². The number of hydrogen-bond donors (Lipinski definition) is 2. The molecule has 42 heavy (non-hydrogen) atoms. The van der Waals surface area contributed by atoms with Crippen LogP contribution in [0.3, 0.4) is 0 Å². The number of carbonyl (C=O) groups excluding carboxylic acids is 1. The van der Waals surface area contributed by atoms with Crippen molar-refractivity contribution in [3.63, 3.8) is 0 Å². The van der Waals surface area contributed by atoms with Crippen LogP contribution in [0.5, 0.6) is 5.75 Å². The molecule has 0 radical (unpaired) electrons. The Labute approximate surface area is 242 Å². The molecule has 2 N–H and O–H groups in total. The SMILES string of the molecule is CC1(C)Oc2cc(-c3[nH]c(C4C5CC5c5cc(-c6cc(Cl)ccc6-n6cnnn6)cc(=O)n54)nc3F)ccc2NC1=O. The largest absolute Gasteiger partial charge is 0.476 e. The Morgan fingerprint density at radius 3 is 2.76 bits per heavy atom. The summed E-state index contributed by atoms with van der Waals surface area (Å²) in [6.45, 7) is 3.33. The number of tetrazole rings is 1. The van der Waals surface area contributed by atoms with Crippen molar-refractivity contribution in [1.82, 2.24) is 34.7 Å². The van der Waals surface area contributed by atoms with E-state index in [1.807, 2.05) is 6.07 Å². The summed E-state index contributed by atoms with van der Waals surface area (Å²) in [4.78, 5) is 33.3. The summed E-state index contributed by atoms with van der Waals surface area (Å²) in [6, 6.07) is 13.5. The molecule has 3 unspecified atom stereocenters. The third-order valence-electron chi connectivity index (χ3n) is 8.26. The number of aromatic amines is 1. The second-order valence-electron chi connectivity index (χ2n) is 11.3. The minimum atomic E-state index is -1.06. The molecule has 1 aliphatic carbocycles. The van der Waals surface area contributed by atoms with Gasteiger partial charge >= 0.3 is 0 Å². The van der Waals surface area contributed by atoms with Gasteiger partial charge in [0.25, 0.3) is 11.5 Å². The first kappa shape index (κ1) is 24.9. The lowest BCUT2D eigenvalue weighted by atomic mass is 10.0. The second kappa shape index (κ2) is 8.58. The quantitative estimate of drug-likeness (QED) is 0.318. The van der Waals surface area contributed by atoms with E-state index in [2.05, 4.69) is 30.8 Å². The molecular formula is C29H22ClFN8O3. The Morgan fingerprint density at radius 1 is 1.10 bits per heavy atom. The number of anilines is 1. The smallest absolute Gasteiger partial charge is 0.268 e. The molecule has 11 nitrogen and oxygen atoms in total. The van der Waals surface area contributed by atoms with Crippen molar-refractivity contribution in [3.05, 3.63) is 87.7 Å². The summed E-state index contributed by atoms with van der Waals surface area (Å²) in [7, 11) is 0. The number of halogens is 2. The first-order valence-corrected chi connectivity index (χ1v) is 13.8. The van der Waals surface area contributed by atoms with Crippen molar-refractivity contribution in [3.8, 4) is 33.8 Å². The standard InChI is InChI=1S/C29H22ClFN8O3/c1-29(2)28(41)33-19-5-3-13(8-22(19)42-29)24-26(31)35-27(34-24)25-18-11-17(18)21-7-14(9-23(40)39(21)25)16-10-15(30)4-6-20(16)38-12-32-36-37-38/h3-10,12,17-18,25H,11H2,1-2H3,(H,33,41)(H,34,35). The number of fused-ring (bicyclic) bond motifs is 4. The Balaban J connectivity index is 1.18. The normalized spacial score (nSPS) is 21.2. The summed E-state index contributed by atoms with van der Waals surface area (Å²) < 4.78 is 24.5. The van der Waals surface area contributed by atoms with Crippen LogP contribution in [0.25, 0.3) is 28.1 Å². The van der Waals surface area contributed by atoms with Gasteiger partial charge in [0, 0.05) is 33.8 Å². The Kier molecular flexibility index (Phi) is 5.09. The number of aromatic nitrogens is 7. The monoisotopic (exact) mass is 584 g/mol. The molecule has 0 saturated heterocycles. The molecule has 3 atom stereocenters. The number of benzene rings is 2. The highest BCUT2D eigenvalue weighted by molar-refractivity contribution is 6.31. The summed E-state index contributed by atoms with van der Waals surface area (Å²) in [5.74, 6) is 0.155. The van der Waals surface area contributed by atoms with Gasteiger partial charge in [0.05, 0.1) is 17.4 Å². The van der Waals surface area contributed by atoms with Crippen LogP contribution in [0.4, 0.5) is 10.1 Å². The van der Waals surface area contributed by atoms with Crippen molar-refractivity contribution in [2.45, 2.75) is 37.8 Å². The van der Waals surface area contributed by atoms with Gasteiger partial charge in [-0.15, -0.1) is 5.10 Å². The molecule has 210 valence electrons. The zero-order chi connectivity index (χ0) is 28.9. The minimum Gasteiger partial charge on any atom is -0.476 e. The summed E-state index contributed by atoms with van der Waals surface area (Å²) in [6.07, 6.45) is 2.34. The lowest BCUT2D eigenvalue weighted by molar-refractivity contribution is -0.129. The van der Waals surface area contributed by atoms with Crippen LogP contribution in [-0.4, -0.2) is 46.3 Å². The molecule has 3 aliphatic rings. The van der Waals surface area contributed by atoms with Crippen molar-refractivity contribution < 1.29 is 13.9 Å². The molecule has 1 saturated carbocycles. The van der Waals surface area contributed by atoms with E-state index in [-0.39, 0.29) is 29.0 Å². The summed E-state index contributed by atoms with van der Waals surface area (Å²) in [5, 5.41) is 14.8. The number of ether oxygens (including phenoxy) is 1. The van der Waals surface area contributed by atoms with Gasteiger partial charge in [-0.25, -0.2) is 4.98 Å². The van der Waals surface area contributed by atoms with Gasteiger partial charge < -0.3 is 19.6 Å². The first-order chi connectivity index (χ1) is 20.2. The van der Waals surface area contributed by atoms with Gasteiger partial charge in [0.1, 0.15) is 23.6 Å². The molecule has 1 fully saturated rings. The topological polar surface area (TPSA) is 133 Å². The molecule has 8 rings (SSSR count). The summed E-state index contributed by atoms with van der Waals surface area (Å²) in [5.41, 5.74) is 2.90. The Hall–Kier alpha value is -4.84. The minimum absolute atomic E-state index is 0.118. The fourth-order valence-corrected chi connectivity index (χ4v) is 6.30. The van der Waals surface area contributed by atoms with Crippen LogP contribution in [-0.2, 0) is 4.79 Å². The number of nitrogens with one attached hydrogen (secondary N) is 2. The molecule has 2 aliphatic heterocycles. The maximum atomic E-state index is 15.3. The molecular weight excluding hydrogens is 563 g/mol. The Morgan fingerprint density at radius 2 is 1.95 bits per heavy atom. The molecule has 5 aromatic rings. The van der Waals surface area contributed by atoms with Crippen LogP contribution in [0.1, 0.15) is 43.7 Å². The van der Waals surface area contributed by atoms with Crippen LogP contribution in [0, 0.1) is 11.9 Å². The fourth-order valence-electron chi connectivity index (χ4n) is 6.13. The number of hydrogen-bond acceptors (Lipinski definition) is 7. The highest BCUT2D eigenvalue weighted by Gasteiger charge is 2.54. The second-order valence-corrected chi connectivity index (χ2v) is 11.7. The predicted octanol–water partition coefficient (Wildman–Crippen LogP) is 4.49. The van der Waals surface area contributed by atoms with E-state index >= 15 is 4.39 Å². The first-order valence-electron chi connectivity index (χ1n) is 13.4. The lowest BCUT2D eigenvalue weighted by Gasteiger charge is -2.31. The predicted molar refractivity (Wildman–Crippen MR) is 150 cm³/mol. The molecule has 3 aromatic heterocycles. The maximum Gasteiger partial charge on any atom is 0.268 e. The van der Waals surface area contributed by atoms with E-state index in [0.29, 0.717) is 39.1 Å². The zero-order valence-electron chi connectivity index (χ0n) is 22.3.